The Morgan fingerprint density at radius 2 is 2.57 bits per heavy atom. The molecule has 4 heteroatoms. The van der Waals surface area contributed by atoms with Gasteiger partial charge >= 0.3 is 0 Å². The predicted octanol–water partition coefficient (Wildman–Crippen LogP) is 1.17. The highest BCUT2D eigenvalue weighted by Crippen LogP contribution is 2.23. The summed E-state index contributed by atoms with van der Waals surface area (Å²) in [6, 6.07) is 3.63. The minimum absolute atomic E-state index is 0.0522. The van der Waals surface area contributed by atoms with Crippen LogP contribution >= 0.6 is 0 Å². The maximum absolute atomic E-state index is 5.42. The first-order valence-electron chi connectivity index (χ1n) is 4.39. The standard InChI is InChI=1S/C10H15N3O/c1-3-5-8(13-11)10-9(14-2)6-4-7-12-10/h3-4,6-8,13H,1,5,11H2,2H3. The monoisotopic (exact) mass is 193 g/mol. The van der Waals surface area contributed by atoms with Crippen LogP contribution in [0, 0.1) is 0 Å². The summed E-state index contributed by atoms with van der Waals surface area (Å²) in [6.07, 6.45) is 4.22. The highest BCUT2D eigenvalue weighted by Gasteiger charge is 2.13. The molecule has 0 aliphatic rings. The van der Waals surface area contributed by atoms with Crippen molar-refractivity contribution in [1.82, 2.24) is 10.4 Å². The van der Waals surface area contributed by atoms with Gasteiger partial charge in [-0.2, -0.15) is 0 Å². The Kier molecular flexibility index (Phi) is 4.10. The summed E-state index contributed by atoms with van der Waals surface area (Å²) in [5, 5.41) is 0. The minimum atomic E-state index is -0.0522. The summed E-state index contributed by atoms with van der Waals surface area (Å²) in [7, 11) is 1.61. The van der Waals surface area contributed by atoms with Gasteiger partial charge in [0.2, 0.25) is 0 Å². The Morgan fingerprint density at radius 1 is 1.79 bits per heavy atom. The van der Waals surface area contributed by atoms with E-state index in [4.69, 9.17) is 10.6 Å². The Hall–Kier alpha value is -1.39. The summed E-state index contributed by atoms with van der Waals surface area (Å²) in [4.78, 5) is 4.22. The number of hydrogen-bond acceptors (Lipinski definition) is 4. The molecule has 0 saturated carbocycles. The molecule has 1 rings (SSSR count). The second-order valence-electron chi connectivity index (χ2n) is 2.83. The van der Waals surface area contributed by atoms with E-state index in [1.54, 1.807) is 19.4 Å². The fraction of sp³-hybridized carbons (Fsp3) is 0.300. The van der Waals surface area contributed by atoms with Gasteiger partial charge in [0.25, 0.3) is 0 Å². The van der Waals surface area contributed by atoms with Crippen LogP contribution in [0.4, 0.5) is 0 Å². The summed E-state index contributed by atoms with van der Waals surface area (Å²) >= 11 is 0. The van der Waals surface area contributed by atoms with E-state index in [1.807, 2.05) is 12.1 Å². The third kappa shape index (κ3) is 2.31. The zero-order chi connectivity index (χ0) is 10.4. The molecule has 0 amide bonds. The molecular formula is C10H15N3O. The minimum Gasteiger partial charge on any atom is -0.495 e. The molecule has 1 atom stereocenters. The molecule has 1 aromatic rings. The SMILES string of the molecule is C=CCC(NN)c1ncccc1OC. The number of nitrogens with zero attached hydrogens (tertiary/aromatic N) is 1. The molecule has 0 aromatic carbocycles. The third-order valence-electron chi connectivity index (χ3n) is 1.95. The lowest BCUT2D eigenvalue weighted by Gasteiger charge is -2.15. The van der Waals surface area contributed by atoms with Crippen LogP contribution in [-0.2, 0) is 0 Å². The van der Waals surface area contributed by atoms with E-state index in [2.05, 4.69) is 17.0 Å². The number of aromatic nitrogens is 1. The van der Waals surface area contributed by atoms with Gasteiger partial charge in [-0.05, 0) is 18.6 Å². The topological polar surface area (TPSA) is 60.2 Å². The zero-order valence-electron chi connectivity index (χ0n) is 8.23. The van der Waals surface area contributed by atoms with E-state index in [1.165, 1.54) is 0 Å². The maximum atomic E-state index is 5.42. The Balaban J connectivity index is 2.95. The third-order valence-corrected chi connectivity index (χ3v) is 1.95. The Morgan fingerprint density at radius 3 is 3.14 bits per heavy atom. The van der Waals surface area contributed by atoms with Gasteiger partial charge in [-0.15, -0.1) is 6.58 Å². The first-order valence-corrected chi connectivity index (χ1v) is 4.39. The van der Waals surface area contributed by atoms with Crippen molar-refractivity contribution in [2.75, 3.05) is 7.11 Å². The van der Waals surface area contributed by atoms with Gasteiger partial charge in [0.1, 0.15) is 11.4 Å². The maximum Gasteiger partial charge on any atom is 0.142 e. The lowest BCUT2D eigenvalue weighted by Crippen LogP contribution is -2.28. The number of pyridine rings is 1. The molecule has 1 unspecified atom stereocenters. The molecule has 0 aliphatic carbocycles. The van der Waals surface area contributed by atoms with Crippen LogP contribution in [0.1, 0.15) is 18.2 Å². The fourth-order valence-electron chi connectivity index (χ4n) is 1.26. The van der Waals surface area contributed by atoms with Gasteiger partial charge in [0.15, 0.2) is 0 Å². The summed E-state index contributed by atoms with van der Waals surface area (Å²) in [5.41, 5.74) is 3.48. The van der Waals surface area contributed by atoms with E-state index in [0.29, 0.717) is 6.42 Å². The van der Waals surface area contributed by atoms with Gasteiger partial charge in [-0.25, -0.2) is 0 Å². The van der Waals surface area contributed by atoms with Gasteiger partial charge in [0, 0.05) is 6.20 Å². The van der Waals surface area contributed by atoms with Gasteiger partial charge in [-0.1, -0.05) is 6.08 Å². The number of nitrogens with one attached hydrogen (secondary N) is 1. The largest absolute Gasteiger partial charge is 0.495 e. The molecule has 4 nitrogen and oxygen atoms in total. The summed E-state index contributed by atoms with van der Waals surface area (Å²) < 4.78 is 5.18. The number of methoxy groups -OCH3 is 1. The van der Waals surface area contributed by atoms with Crippen LogP contribution in [-0.4, -0.2) is 12.1 Å². The fourth-order valence-corrected chi connectivity index (χ4v) is 1.26. The lowest BCUT2D eigenvalue weighted by atomic mass is 10.1. The lowest BCUT2D eigenvalue weighted by molar-refractivity contribution is 0.395. The number of hydrazine groups is 1. The van der Waals surface area contributed by atoms with Crippen molar-refractivity contribution in [2.45, 2.75) is 12.5 Å². The second kappa shape index (κ2) is 5.36. The van der Waals surface area contributed by atoms with Gasteiger partial charge in [0.05, 0.1) is 13.2 Å². The van der Waals surface area contributed by atoms with Crippen LogP contribution in [0.3, 0.4) is 0 Å². The first kappa shape index (κ1) is 10.7. The van der Waals surface area contributed by atoms with E-state index < -0.39 is 0 Å². The molecule has 0 spiro atoms. The average molecular weight is 193 g/mol. The molecule has 3 N–H and O–H groups in total. The molecule has 1 aromatic heterocycles. The average Bonchev–Trinajstić information content (AvgIpc) is 2.26. The van der Waals surface area contributed by atoms with E-state index in [9.17, 15) is 0 Å². The van der Waals surface area contributed by atoms with Crippen molar-refractivity contribution in [2.24, 2.45) is 5.84 Å². The molecule has 0 bridgehead atoms. The predicted molar refractivity (Wildman–Crippen MR) is 55.7 cm³/mol. The number of nitrogens with two attached hydrogens (primary N) is 1. The quantitative estimate of drug-likeness (QED) is 0.418. The van der Waals surface area contributed by atoms with Crippen LogP contribution in [0.5, 0.6) is 5.75 Å². The first-order chi connectivity index (χ1) is 6.83. The molecule has 0 aliphatic heterocycles. The highest BCUT2D eigenvalue weighted by atomic mass is 16.5. The number of rotatable bonds is 5. The number of ether oxygens (including phenoxy) is 1. The van der Waals surface area contributed by atoms with Crippen LogP contribution in [0.15, 0.2) is 31.0 Å². The molecule has 76 valence electrons. The van der Waals surface area contributed by atoms with Crippen molar-refractivity contribution < 1.29 is 4.74 Å². The Labute approximate surface area is 83.8 Å². The van der Waals surface area contributed by atoms with Crippen molar-refractivity contribution in [3.63, 3.8) is 0 Å². The molecule has 0 fully saturated rings. The molecule has 14 heavy (non-hydrogen) atoms. The summed E-state index contributed by atoms with van der Waals surface area (Å²) in [6.45, 7) is 3.67. The molecule has 0 radical (unpaired) electrons. The number of hydrogen-bond donors (Lipinski definition) is 2. The Bertz CT molecular complexity index is 301. The van der Waals surface area contributed by atoms with Crippen LogP contribution in [0.2, 0.25) is 0 Å². The van der Waals surface area contributed by atoms with Crippen LogP contribution < -0.4 is 16.0 Å². The van der Waals surface area contributed by atoms with Crippen molar-refractivity contribution in [1.29, 1.82) is 0 Å². The van der Waals surface area contributed by atoms with E-state index >= 15 is 0 Å². The van der Waals surface area contributed by atoms with E-state index in [-0.39, 0.29) is 6.04 Å². The smallest absolute Gasteiger partial charge is 0.142 e. The van der Waals surface area contributed by atoms with Gasteiger partial charge in [-0.3, -0.25) is 16.3 Å². The van der Waals surface area contributed by atoms with E-state index in [0.717, 1.165) is 11.4 Å². The van der Waals surface area contributed by atoms with Crippen molar-refractivity contribution >= 4 is 0 Å². The summed E-state index contributed by atoms with van der Waals surface area (Å²) in [5.74, 6) is 6.15. The molecular weight excluding hydrogens is 178 g/mol. The van der Waals surface area contributed by atoms with Crippen molar-refractivity contribution in [3.05, 3.63) is 36.7 Å². The molecule has 1 heterocycles. The highest BCUT2D eigenvalue weighted by molar-refractivity contribution is 5.29. The second-order valence-corrected chi connectivity index (χ2v) is 2.83. The molecule has 0 saturated heterocycles. The van der Waals surface area contributed by atoms with Crippen molar-refractivity contribution in [3.8, 4) is 5.75 Å². The zero-order valence-corrected chi connectivity index (χ0v) is 8.23. The van der Waals surface area contributed by atoms with Crippen LogP contribution in [0.25, 0.3) is 0 Å². The normalized spacial score (nSPS) is 12.1. The van der Waals surface area contributed by atoms with Gasteiger partial charge < -0.3 is 4.74 Å².